The lowest BCUT2D eigenvalue weighted by Gasteiger charge is -2.27. The summed E-state index contributed by atoms with van der Waals surface area (Å²) in [5, 5.41) is 0. The Labute approximate surface area is 139 Å². The number of hydrogen-bond acceptors (Lipinski definition) is 2. The maximum absolute atomic E-state index is 13.2. The van der Waals surface area contributed by atoms with Crippen molar-refractivity contribution >= 4 is 26.9 Å². The standard InChI is InChI=1S/C12H13BrF6N2OS/c1-10(2,3)23(22)21-9(12(17,18)19)6-4-8(11(14,15)16)20-5-7(6)13/h4-5,9,21H,1-3H3/t9-,23?/m0/s1. The minimum absolute atomic E-state index is 0.272. The molecule has 0 aliphatic heterocycles. The molecule has 2 atom stereocenters. The summed E-state index contributed by atoms with van der Waals surface area (Å²) in [4.78, 5) is 3.06. The molecule has 11 heteroatoms. The third-order valence-electron chi connectivity index (χ3n) is 2.59. The number of alkyl halides is 6. The topological polar surface area (TPSA) is 42.0 Å². The number of rotatable bonds is 3. The SMILES string of the molecule is CC(C)(C)S(=O)N[C@@H](c1cc(C(F)(F)F)ncc1Br)C(F)(F)F. The van der Waals surface area contributed by atoms with E-state index in [9.17, 15) is 30.6 Å². The molecule has 3 nitrogen and oxygen atoms in total. The van der Waals surface area contributed by atoms with Crippen LogP contribution < -0.4 is 4.72 Å². The molecule has 1 rings (SSSR count). The zero-order valence-corrected chi connectivity index (χ0v) is 14.5. The van der Waals surface area contributed by atoms with Gasteiger partial charge in [0.25, 0.3) is 0 Å². The Morgan fingerprint density at radius 1 is 1.17 bits per heavy atom. The minimum atomic E-state index is -4.95. The Morgan fingerprint density at radius 3 is 2.09 bits per heavy atom. The van der Waals surface area contributed by atoms with Crippen LogP contribution in [0.3, 0.4) is 0 Å². The summed E-state index contributed by atoms with van der Waals surface area (Å²) in [6.07, 6.45) is -9.21. The van der Waals surface area contributed by atoms with Crippen molar-refractivity contribution in [1.29, 1.82) is 0 Å². The molecule has 1 heterocycles. The van der Waals surface area contributed by atoms with Crippen LogP contribution in [0.25, 0.3) is 0 Å². The van der Waals surface area contributed by atoms with E-state index in [2.05, 4.69) is 20.9 Å². The van der Waals surface area contributed by atoms with Crippen molar-refractivity contribution in [3.05, 3.63) is 28.0 Å². The van der Waals surface area contributed by atoms with Crippen LogP contribution in [0.5, 0.6) is 0 Å². The first kappa shape index (κ1) is 20.4. The Hall–Kier alpha value is -0.680. The molecule has 1 N–H and O–H groups in total. The van der Waals surface area contributed by atoms with E-state index in [1.54, 1.807) is 0 Å². The number of pyridine rings is 1. The van der Waals surface area contributed by atoms with E-state index in [1.807, 2.05) is 4.72 Å². The van der Waals surface area contributed by atoms with E-state index >= 15 is 0 Å². The lowest BCUT2D eigenvalue weighted by molar-refractivity contribution is -0.154. The van der Waals surface area contributed by atoms with Gasteiger partial charge in [0.15, 0.2) is 0 Å². The fourth-order valence-electron chi connectivity index (χ4n) is 1.42. The molecule has 0 aliphatic rings. The van der Waals surface area contributed by atoms with E-state index < -0.39 is 45.4 Å². The van der Waals surface area contributed by atoms with Crippen molar-refractivity contribution in [3.63, 3.8) is 0 Å². The summed E-state index contributed by atoms with van der Waals surface area (Å²) in [5.41, 5.74) is -2.20. The first-order valence-electron chi connectivity index (χ1n) is 6.11. The maximum Gasteiger partial charge on any atom is 0.433 e. The highest BCUT2D eigenvalue weighted by Crippen LogP contribution is 2.39. The lowest BCUT2D eigenvalue weighted by atomic mass is 10.1. The molecular weight excluding hydrogens is 414 g/mol. The second-order valence-corrected chi connectivity index (χ2v) is 8.41. The maximum atomic E-state index is 13.2. The summed E-state index contributed by atoms with van der Waals surface area (Å²) < 4.78 is 90.2. The van der Waals surface area contributed by atoms with Gasteiger partial charge >= 0.3 is 12.4 Å². The van der Waals surface area contributed by atoms with Gasteiger partial charge in [-0.2, -0.15) is 26.3 Å². The van der Waals surface area contributed by atoms with Gasteiger partial charge in [-0.15, -0.1) is 0 Å². The Balaban J connectivity index is 3.37. The molecule has 0 bridgehead atoms. The molecule has 0 fully saturated rings. The Morgan fingerprint density at radius 2 is 1.70 bits per heavy atom. The summed E-state index contributed by atoms with van der Waals surface area (Å²) in [6.45, 7) is 4.31. The molecule has 1 aromatic rings. The van der Waals surface area contributed by atoms with E-state index in [0.717, 1.165) is 0 Å². The van der Waals surface area contributed by atoms with Gasteiger partial charge in [-0.25, -0.2) is 8.93 Å². The van der Waals surface area contributed by atoms with Crippen molar-refractivity contribution in [2.24, 2.45) is 0 Å². The van der Waals surface area contributed by atoms with Crippen LogP contribution in [0.4, 0.5) is 26.3 Å². The number of aromatic nitrogens is 1. The summed E-state index contributed by atoms with van der Waals surface area (Å²) in [7, 11) is -2.14. The average molecular weight is 427 g/mol. The molecule has 0 amide bonds. The Kier molecular flexibility index (Phi) is 5.91. The second kappa shape index (κ2) is 6.67. The largest absolute Gasteiger partial charge is 0.433 e. The molecule has 0 aromatic carbocycles. The lowest BCUT2D eigenvalue weighted by Crippen LogP contribution is -2.41. The highest BCUT2D eigenvalue weighted by molar-refractivity contribution is 9.10. The summed E-state index contributed by atoms with van der Waals surface area (Å²) in [5.74, 6) is 0. The Bertz CT molecular complexity index is 597. The molecule has 0 saturated heterocycles. The quantitative estimate of drug-likeness (QED) is 0.722. The van der Waals surface area contributed by atoms with Crippen molar-refractivity contribution < 1.29 is 30.6 Å². The molecule has 0 aliphatic carbocycles. The smallest absolute Gasteiger partial charge is 0.251 e. The van der Waals surface area contributed by atoms with Gasteiger partial charge in [0.2, 0.25) is 0 Å². The fraction of sp³-hybridized carbons (Fsp3) is 0.583. The average Bonchev–Trinajstić information content (AvgIpc) is 2.32. The van der Waals surface area contributed by atoms with Crippen molar-refractivity contribution in [2.45, 2.75) is 43.9 Å². The number of nitrogens with zero attached hydrogens (tertiary/aromatic N) is 1. The molecular formula is C12H13BrF6N2OS. The minimum Gasteiger partial charge on any atom is -0.251 e. The van der Waals surface area contributed by atoms with Gasteiger partial charge < -0.3 is 0 Å². The van der Waals surface area contributed by atoms with E-state index in [1.165, 1.54) is 20.8 Å². The van der Waals surface area contributed by atoms with Crippen LogP contribution >= 0.6 is 15.9 Å². The number of halogens is 7. The van der Waals surface area contributed by atoms with Gasteiger partial charge in [-0.1, -0.05) is 0 Å². The molecule has 23 heavy (non-hydrogen) atoms. The summed E-state index contributed by atoms with van der Waals surface area (Å²) in [6, 6.07) is -2.25. The van der Waals surface area contributed by atoms with Crippen LogP contribution in [0.1, 0.15) is 38.1 Å². The van der Waals surface area contributed by atoms with Crippen LogP contribution in [0.2, 0.25) is 0 Å². The molecule has 1 unspecified atom stereocenters. The normalized spacial score (nSPS) is 16.3. The molecule has 0 radical (unpaired) electrons. The third-order valence-corrected chi connectivity index (χ3v) is 4.82. The summed E-state index contributed by atoms with van der Waals surface area (Å²) >= 11 is 2.76. The van der Waals surface area contributed by atoms with Gasteiger partial charge in [-0.05, 0) is 48.3 Å². The molecule has 0 spiro atoms. The van der Waals surface area contributed by atoms with Crippen molar-refractivity contribution in [2.75, 3.05) is 0 Å². The van der Waals surface area contributed by atoms with Gasteiger partial charge in [0.05, 0.1) is 15.7 Å². The monoisotopic (exact) mass is 426 g/mol. The highest BCUT2D eigenvalue weighted by Gasteiger charge is 2.45. The number of hydrogen-bond donors (Lipinski definition) is 1. The van der Waals surface area contributed by atoms with E-state index in [4.69, 9.17) is 0 Å². The predicted molar refractivity (Wildman–Crippen MR) is 76.8 cm³/mol. The predicted octanol–water partition coefficient (Wildman–Crippen LogP) is 4.52. The van der Waals surface area contributed by atoms with Gasteiger partial charge in [-0.3, -0.25) is 4.98 Å². The van der Waals surface area contributed by atoms with Gasteiger partial charge in [0, 0.05) is 10.7 Å². The van der Waals surface area contributed by atoms with Crippen LogP contribution in [0.15, 0.2) is 16.7 Å². The zero-order valence-electron chi connectivity index (χ0n) is 12.1. The molecule has 1 aromatic heterocycles. The first-order valence-corrected chi connectivity index (χ1v) is 8.05. The third kappa shape index (κ3) is 5.42. The zero-order chi connectivity index (χ0) is 18.2. The fourth-order valence-corrected chi connectivity index (χ4v) is 2.69. The molecule has 0 saturated carbocycles. The molecule has 132 valence electrons. The van der Waals surface area contributed by atoms with E-state index in [0.29, 0.717) is 6.20 Å². The second-order valence-electron chi connectivity index (χ2n) is 5.56. The van der Waals surface area contributed by atoms with Crippen molar-refractivity contribution in [1.82, 2.24) is 9.71 Å². The first-order chi connectivity index (χ1) is 10.1. The number of nitrogens with one attached hydrogen (secondary N) is 1. The van der Waals surface area contributed by atoms with E-state index in [-0.39, 0.29) is 10.5 Å². The highest BCUT2D eigenvalue weighted by atomic mass is 79.9. The van der Waals surface area contributed by atoms with Crippen molar-refractivity contribution in [3.8, 4) is 0 Å². The van der Waals surface area contributed by atoms with Crippen LogP contribution in [0, 0.1) is 0 Å². The van der Waals surface area contributed by atoms with Crippen LogP contribution in [-0.4, -0.2) is 20.1 Å². The van der Waals surface area contributed by atoms with Crippen LogP contribution in [-0.2, 0) is 17.2 Å². The van der Waals surface area contributed by atoms with Gasteiger partial charge in [0.1, 0.15) is 11.7 Å².